The van der Waals surface area contributed by atoms with E-state index in [2.05, 4.69) is 26.1 Å². The van der Waals surface area contributed by atoms with E-state index in [1.165, 1.54) is 0 Å². The van der Waals surface area contributed by atoms with Crippen molar-refractivity contribution in [2.45, 2.75) is 6.61 Å². The molecule has 118 valence electrons. The van der Waals surface area contributed by atoms with Crippen LogP contribution in [0.1, 0.15) is 5.56 Å². The number of hydrogen-bond acceptors (Lipinski definition) is 7. The molecule has 7 nitrogen and oxygen atoms in total. The number of ether oxygens (including phenoxy) is 4. The summed E-state index contributed by atoms with van der Waals surface area (Å²) in [6.45, 7) is 0.246. The highest BCUT2D eigenvalue weighted by molar-refractivity contribution is 9.10. The molecule has 0 saturated carbocycles. The Kier molecular flexibility index (Phi) is 5.26. The fourth-order valence-electron chi connectivity index (χ4n) is 1.84. The number of anilines is 1. The quantitative estimate of drug-likeness (QED) is 0.835. The second-order valence-corrected chi connectivity index (χ2v) is 5.00. The number of nitrogen functional groups attached to an aromatic ring is 1. The van der Waals surface area contributed by atoms with Crippen molar-refractivity contribution in [3.8, 4) is 23.1 Å². The SMILES string of the molecule is COc1cc(COc2ccc(N)nn2)c(Br)c(OC)c1OC. The number of methoxy groups -OCH3 is 3. The van der Waals surface area contributed by atoms with Crippen LogP contribution < -0.4 is 24.7 Å². The lowest BCUT2D eigenvalue weighted by Crippen LogP contribution is -2.03. The molecule has 0 atom stereocenters. The summed E-state index contributed by atoms with van der Waals surface area (Å²) >= 11 is 3.49. The van der Waals surface area contributed by atoms with E-state index in [0.717, 1.165) is 10.0 Å². The molecule has 2 aromatic rings. The third-order valence-electron chi connectivity index (χ3n) is 2.88. The summed E-state index contributed by atoms with van der Waals surface area (Å²) in [4.78, 5) is 0. The average Bonchev–Trinajstić information content (AvgIpc) is 2.54. The first-order valence-electron chi connectivity index (χ1n) is 6.30. The molecule has 0 fully saturated rings. The van der Waals surface area contributed by atoms with Gasteiger partial charge in [0.1, 0.15) is 12.4 Å². The maximum Gasteiger partial charge on any atom is 0.233 e. The molecule has 0 unspecified atom stereocenters. The molecule has 0 bridgehead atoms. The Morgan fingerprint density at radius 1 is 1.05 bits per heavy atom. The van der Waals surface area contributed by atoms with Gasteiger partial charge in [-0.3, -0.25) is 0 Å². The third-order valence-corrected chi connectivity index (χ3v) is 3.75. The number of halogens is 1. The van der Waals surface area contributed by atoms with E-state index < -0.39 is 0 Å². The topological polar surface area (TPSA) is 88.7 Å². The first-order chi connectivity index (χ1) is 10.6. The smallest absolute Gasteiger partial charge is 0.233 e. The van der Waals surface area contributed by atoms with E-state index >= 15 is 0 Å². The van der Waals surface area contributed by atoms with E-state index in [9.17, 15) is 0 Å². The van der Waals surface area contributed by atoms with Crippen LogP contribution >= 0.6 is 15.9 Å². The van der Waals surface area contributed by atoms with E-state index in [-0.39, 0.29) is 6.61 Å². The highest BCUT2D eigenvalue weighted by Crippen LogP contribution is 2.44. The molecule has 8 heteroatoms. The first kappa shape index (κ1) is 16.2. The molecule has 1 heterocycles. The average molecular weight is 370 g/mol. The molecular weight excluding hydrogens is 354 g/mol. The molecule has 0 aliphatic heterocycles. The van der Waals surface area contributed by atoms with Gasteiger partial charge in [0.15, 0.2) is 11.5 Å². The van der Waals surface area contributed by atoms with Gasteiger partial charge in [-0.2, -0.15) is 0 Å². The Labute approximate surface area is 136 Å². The van der Waals surface area contributed by atoms with Crippen molar-refractivity contribution in [2.24, 2.45) is 0 Å². The summed E-state index contributed by atoms with van der Waals surface area (Å²) in [5.41, 5.74) is 6.30. The number of benzene rings is 1. The van der Waals surface area contributed by atoms with Crippen molar-refractivity contribution in [3.63, 3.8) is 0 Å². The zero-order valence-electron chi connectivity index (χ0n) is 12.4. The van der Waals surface area contributed by atoms with E-state index in [1.807, 2.05) is 0 Å². The summed E-state index contributed by atoms with van der Waals surface area (Å²) in [5, 5.41) is 7.57. The van der Waals surface area contributed by atoms with Crippen LogP contribution in [0.25, 0.3) is 0 Å². The summed E-state index contributed by atoms with van der Waals surface area (Å²) in [5.74, 6) is 2.29. The standard InChI is InChI=1S/C14H16BrN3O4/c1-19-9-6-8(12(15)14(21-3)13(9)20-2)7-22-11-5-4-10(16)17-18-11/h4-6H,7H2,1-3H3,(H2,16,17). The molecule has 1 aromatic heterocycles. The van der Waals surface area contributed by atoms with Crippen LogP contribution in [0.5, 0.6) is 23.1 Å². The van der Waals surface area contributed by atoms with Gasteiger partial charge in [-0.15, -0.1) is 10.2 Å². The molecule has 22 heavy (non-hydrogen) atoms. The normalized spacial score (nSPS) is 10.2. The number of hydrogen-bond donors (Lipinski definition) is 1. The minimum atomic E-state index is 0.246. The zero-order valence-corrected chi connectivity index (χ0v) is 14.0. The fourth-order valence-corrected chi connectivity index (χ4v) is 2.41. The van der Waals surface area contributed by atoms with Gasteiger partial charge in [0.25, 0.3) is 0 Å². The minimum absolute atomic E-state index is 0.246. The fraction of sp³-hybridized carbons (Fsp3) is 0.286. The van der Waals surface area contributed by atoms with Crippen molar-refractivity contribution < 1.29 is 18.9 Å². The van der Waals surface area contributed by atoms with Crippen molar-refractivity contribution in [2.75, 3.05) is 27.1 Å². The summed E-state index contributed by atoms with van der Waals surface area (Å²) < 4.78 is 22.3. The lowest BCUT2D eigenvalue weighted by molar-refractivity contribution is 0.284. The molecule has 0 radical (unpaired) electrons. The minimum Gasteiger partial charge on any atom is -0.493 e. The second-order valence-electron chi connectivity index (χ2n) is 4.20. The summed E-state index contributed by atoms with van der Waals surface area (Å²) in [6, 6.07) is 5.07. The lowest BCUT2D eigenvalue weighted by atomic mass is 10.2. The van der Waals surface area contributed by atoms with Gasteiger partial charge in [-0.05, 0) is 28.1 Å². The number of nitrogens with two attached hydrogens (primary N) is 1. The maximum atomic E-state index is 5.59. The predicted octanol–water partition coefficient (Wildman–Crippen LogP) is 2.43. The van der Waals surface area contributed by atoms with Crippen molar-refractivity contribution >= 4 is 21.7 Å². The molecule has 1 aromatic carbocycles. The molecular formula is C14H16BrN3O4. The highest BCUT2D eigenvalue weighted by Gasteiger charge is 2.19. The van der Waals surface area contributed by atoms with Crippen LogP contribution in [-0.4, -0.2) is 31.5 Å². The molecule has 0 spiro atoms. The van der Waals surface area contributed by atoms with Crippen molar-refractivity contribution in [1.82, 2.24) is 10.2 Å². The van der Waals surface area contributed by atoms with Crippen LogP contribution in [0.4, 0.5) is 5.82 Å². The Morgan fingerprint density at radius 2 is 1.77 bits per heavy atom. The van der Waals surface area contributed by atoms with Gasteiger partial charge in [0.2, 0.25) is 11.6 Å². The Hall–Kier alpha value is -2.22. The van der Waals surface area contributed by atoms with Crippen LogP contribution in [0.2, 0.25) is 0 Å². The van der Waals surface area contributed by atoms with E-state index in [4.69, 9.17) is 24.7 Å². The monoisotopic (exact) mass is 369 g/mol. The van der Waals surface area contributed by atoms with Crippen LogP contribution in [0.15, 0.2) is 22.7 Å². The Morgan fingerprint density at radius 3 is 2.32 bits per heavy atom. The van der Waals surface area contributed by atoms with E-state index in [0.29, 0.717) is 28.9 Å². The molecule has 2 rings (SSSR count). The highest BCUT2D eigenvalue weighted by atomic mass is 79.9. The van der Waals surface area contributed by atoms with Gasteiger partial charge in [0, 0.05) is 11.6 Å². The van der Waals surface area contributed by atoms with Gasteiger partial charge < -0.3 is 24.7 Å². The largest absolute Gasteiger partial charge is 0.493 e. The van der Waals surface area contributed by atoms with Gasteiger partial charge >= 0.3 is 0 Å². The molecule has 0 aliphatic rings. The maximum absolute atomic E-state index is 5.59. The Balaban J connectivity index is 2.28. The van der Waals surface area contributed by atoms with Gasteiger partial charge in [0.05, 0.1) is 25.8 Å². The van der Waals surface area contributed by atoms with Crippen LogP contribution in [0.3, 0.4) is 0 Å². The number of rotatable bonds is 6. The van der Waals surface area contributed by atoms with Crippen LogP contribution in [-0.2, 0) is 6.61 Å². The molecule has 0 saturated heterocycles. The van der Waals surface area contributed by atoms with Crippen molar-refractivity contribution in [3.05, 3.63) is 28.2 Å². The number of aromatic nitrogens is 2. The molecule has 2 N–H and O–H groups in total. The zero-order chi connectivity index (χ0) is 16.1. The van der Waals surface area contributed by atoms with Crippen molar-refractivity contribution in [1.29, 1.82) is 0 Å². The first-order valence-corrected chi connectivity index (χ1v) is 7.09. The predicted molar refractivity (Wildman–Crippen MR) is 84.6 cm³/mol. The molecule has 0 amide bonds. The van der Waals surface area contributed by atoms with E-state index in [1.54, 1.807) is 39.5 Å². The Bertz CT molecular complexity index is 650. The lowest BCUT2D eigenvalue weighted by Gasteiger charge is -2.16. The third kappa shape index (κ3) is 3.33. The second kappa shape index (κ2) is 7.17. The number of nitrogens with zero attached hydrogens (tertiary/aromatic N) is 2. The van der Waals surface area contributed by atoms with Gasteiger partial charge in [-0.25, -0.2) is 0 Å². The van der Waals surface area contributed by atoms with Crippen LogP contribution in [0, 0.1) is 0 Å². The summed E-state index contributed by atoms with van der Waals surface area (Å²) in [6.07, 6.45) is 0. The molecule has 0 aliphatic carbocycles. The van der Waals surface area contributed by atoms with Gasteiger partial charge in [-0.1, -0.05) is 0 Å². The summed E-state index contributed by atoms with van der Waals surface area (Å²) in [7, 11) is 4.66.